The van der Waals surface area contributed by atoms with Crippen molar-refractivity contribution in [3.63, 3.8) is 0 Å². The van der Waals surface area contributed by atoms with Gasteiger partial charge in [-0.3, -0.25) is 0 Å². The Morgan fingerprint density at radius 3 is 1.56 bits per heavy atom. The third-order valence-electron chi connectivity index (χ3n) is 10.0. The molecule has 0 bridgehead atoms. The average Bonchev–Trinajstić information content (AvgIpc) is 3.23. The fraction of sp³-hybridized carbons (Fsp3) is 0. The lowest BCUT2D eigenvalue weighted by Gasteiger charge is -2.15. The number of hydrogen-bond donors (Lipinski definition) is 0. The van der Waals surface area contributed by atoms with Crippen LogP contribution in [0.25, 0.3) is 99.5 Å². The lowest BCUT2D eigenvalue weighted by molar-refractivity contribution is 1.19. The van der Waals surface area contributed by atoms with Crippen LogP contribution >= 0.6 is 0 Å². The van der Waals surface area contributed by atoms with E-state index in [0.29, 0.717) is 5.82 Å². The Balaban J connectivity index is 1.21. The van der Waals surface area contributed by atoms with Crippen LogP contribution in [0.15, 0.2) is 188 Å². The van der Waals surface area contributed by atoms with Gasteiger partial charge in [0.1, 0.15) is 0 Å². The van der Waals surface area contributed by atoms with Gasteiger partial charge in [0.25, 0.3) is 0 Å². The first-order chi connectivity index (χ1) is 25.7. The first-order valence-corrected chi connectivity index (χ1v) is 17.6. The number of fused-ring (bicyclic) bond motifs is 5. The Morgan fingerprint density at radius 2 is 0.865 bits per heavy atom. The van der Waals surface area contributed by atoms with Crippen molar-refractivity contribution < 1.29 is 0 Å². The molecule has 0 spiro atoms. The molecule has 0 radical (unpaired) electrons. The summed E-state index contributed by atoms with van der Waals surface area (Å²) < 4.78 is 0. The summed E-state index contributed by atoms with van der Waals surface area (Å²) in [6.45, 7) is 0. The zero-order valence-electron chi connectivity index (χ0n) is 28.2. The van der Waals surface area contributed by atoms with Crippen molar-refractivity contribution in [2.45, 2.75) is 0 Å². The van der Waals surface area contributed by atoms with Crippen LogP contribution in [-0.4, -0.2) is 15.0 Å². The van der Waals surface area contributed by atoms with Gasteiger partial charge in [-0.1, -0.05) is 164 Å². The summed E-state index contributed by atoms with van der Waals surface area (Å²) in [5, 5.41) is 8.16. The molecule has 52 heavy (non-hydrogen) atoms. The number of benzene rings is 8. The molecule has 0 aliphatic carbocycles. The molecule has 0 atom stereocenters. The summed E-state index contributed by atoms with van der Waals surface area (Å²) in [6.07, 6.45) is 0. The smallest absolute Gasteiger partial charge is 0.160 e. The Labute approximate surface area is 301 Å². The van der Waals surface area contributed by atoms with E-state index in [2.05, 4.69) is 188 Å². The average molecular weight is 662 g/mol. The van der Waals surface area contributed by atoms with Crippen molar-refractivity contribution >= 4 is 43.2 Å². The van der Waals surface area contributed by atoms with Crippen LogP contribution in [-0.2, 0) is 0 Å². The molecule has 3 nitrogen and oxygen atoms in total. The zero-order chi connectivity index (χ0) is 34.4. The van der Waals surface area contributed by atoms with Crippen LogP contribution in [0.3, 0.4) is 0 Å². The van der Waals surface area contributed by atoms with Gasteiger partial charge in [-0.15, -0.1) is 0 Å². The maximum atomic E-state index is 5.38. The van der Waals surface area contributed by atoms with Gasteiger partial charge in [0.15, 0.2) is 5.82 Å². The Kier molecular flexibility index (Phi) is 7.14. The molecule has 242 valence electrons. The Bertz CT molecular complexity index is 2850. The summed E-state index contributed by atoms with van der Waals surface area (Å²) in [5.74, 6) is 0.689. The standard InChI is InChI=1S/C49H31N3/c1-3-14-34(15-4-1)41-20-11-21-43-47(41)42-27-26-39(30-46(42)50-48(43)35-16-5-2-6-17-35)45-31-44(38-24-22-32-12-7-9-18-36(32)28-38)51-49(52-45)40-25-23-33-13-8-10-19-37(33)29-40/h1-31H. The minimum atomic E-state index is 0.689. The van der Waals surface area contributed by atoms with E-state index in [1.54, 1.807) is 0 Å². The third kappa shape index (κ3) is 5.28. The second-order valence-corrected chi connectivity index (χ2v) is 13.2. The Hall–Kier alpha value is -6.97. The van der Waals surface area contributed by atoms with E-state index >= 15 is 0 Å². The lowest BCUT2D eigenvalue weighted by atomic mass is 9.92. The molecule has 2 heterocycles. The highest BCUT2D eigenvalue weighted by Gasteiger charge is 2.17. The molecule has 0 N–H and O–H groups in total. The zero-order valence-corrected chi connectivity index (χ0v) is 28.2. The van der Waals surface area contributed by atoms with E-state index in [-0.39, 0.29) is 0 Å². The lowest BCUT2D eigenvalue weighted by Crippen LogP contribution is -1.97. The highest BCUT2D eigenvalue weighted by atomic mass is 14.9. The molecule has 0 unspecified atom stereocenters. The normalized spacial score (nSPS) is 11.5. The third-order valence-corrected chi connectivity index (χ3v) is 10.0. The number of nitrogens with zero attached hydrogens (tertiary/aromatic N) is 3. The van der Waals surface area contributed by atoms with Gasteiger partial charge in [0.05, 0.1) is 22.6 Å². The summed E-state index contributed by atoms with van der Waals surface area (Å²) in [4.78, 5) is 15.8. The molecule has 0 saturated heterocycles. The maximum absolute atomic E-state index is 5.38. The fourth-order valence-electron chi connectivity index (χ4n) is 7.44. The minimum absolute atomic E-state index is 0.689. The molecule has 0 amide bonds. The van der Waals surface area contributed by atoms with E-state index in [0.717, 1.165) is 61.0 Å². The molecule has 10 rings (SSSR count). The quantitative estimate of drug-likeness (QED) is 0.172. The fourth-order valence-corrected chi connectivity index (χ4v) is 7.44. The number of pyridine rings is 1. The van der Waals surface area contributed by atoms with Gasteiger partial charge in [0, 0.05) is 38.4 Å². The van der Waals surface area contributed by atoms with Crippen LogP contribution in [0.1, 0.15) is 0 Å². The largest absolute Gasteiger partial charge is 0.247 e. The first kappa shape index (κ1) is 29.9. The molecule has 3 heteroatoms. The highest BCUT2D eigenvalue weighted by Crippen LogP contribution is 2.40. The second kappa shape index (κ2) is 12.4. The maximum Gasteiger partial charge on any atom is 0.160 e. The van der Waals surface area contributed by atoms with E-state index < -0.39 is 0 Å². The first-order valence-electron chi connectivity index (χ1n) is 17.6. The number of aromatic nitrogens is 3. The molecule has 0 fully saturated rings. The van der Waals surface area contributed by atoms with Gasteiger partial charge < -0.3 is 0 Å². The second-order valence-electron chi connectivity index (χ2n) is 13.2. The van der Waals surface area contributed by atoms with Gasteiger partial charge in [0.2, 0.25) is 0 Å². The Morgan fingerprint density at radius 1 is 0.308 bits per heavy atom. The van der Waals surface area contributed by atoms with Crippen LogP contribution in [0.5, 0.6) is 0 Å². The van der Waals surface area contributed by atoms with Crippen LogP contribution < -0.4 is 0 Å². The van der Waals surface area contributed by atoms with E-state index in [1.165, 1.54) is 32.7 Å². The summed E-state index contributed by atoms with van der Waals surface area (Å²) in [5.41, 5.74) is 10.1. The van der Waals surface area contributed by atoms with Crippen LogP contribution in [0, 0.1) is 0 Å². The van der Waals surface area contributed by atoms with E-state index in [9.17, 15) is 0 Å². The summed E-state index contributed by atoms with van der Waals surface area (Å²) >= 11 is 0. The highest BCUT2D eigenvalue weighted by molar-refractivity contribution is 6.17. The van der Waals surface area contributed by atoms with Crippen LogP contribution in [0.2, 0.25) is 0 Å². The van der Waals surface area contributed by atoms with Crippen molar-refractivity contribution in [1.82, 2.24) is 15.0 Å². The van der Waals surface area contributed by atoms with E-state index in [4.69, 9.17) is 15.0 Å². The molecule has 8 aromatic carbocycles. The number of hydrogen-bond acceptors (Lipinski definition) is 3. The van der Waals surface area contributed by atoms with Crippen molar-refractivity contribution in [2.24, 2.45) is 0 Å². The molecule has 10 aromatic rings. The molecular weight excluding hydrogens is 631 g/mol. The summed E-state index contributed by atoms with van der Waals surface area (Å²) in [6, 6.07) is 66.2. The number of rotatable bonds is 5. The van der Waals surface area contributed by atoms with Gasteiger partial charge in [-0.2, -0.15) is 0 Å². The molecular formula is C49H31N3. The van der Waals surface area contributed by atoms with Gasteiger partial charge in [-0.05, 0) is 56.9 Å². The molecule has 0 saturated carbocycles. The van der Waals surface area contributed by atoms with E-state index in [1.807, 2.05) is 0 Å². The predicted octanol–water partition coefficient (Wildman–Crippen LogP) is 12.8. The van der Waals surface area contributed by atoms with Crippen molar-refractivity contribution in [2.75, 3.05) is 0 Å². The van der Waals surface area contributed by atoms with Gasteiger partial charge >= 0.3 is 0 Å². The van der Waals surface area contributed by atoms with Crippen molar-refractivity contribution in [1.29, 1.82) is 0 Å². The van der Waals surface area contributed by atoms with Crippen LogP contribution in [0.4, 0.5) is 0 Å². The predicted molar refractivity (Wildman–Crippen MR) is 217 cm³/mol. The molecule has 0 aliphatic rings. The van der Waals surface area contributed by atoms with Crippen molar-refractivity contribution in [3.05, 3.63) is 188 Å². The minimum Gasteiger partial charge on any atom is -0.247 e. The molecule has 2 aromatic heterocycles. The van der Waals surface area contributed by atoms with Crippen molar-refractivity contribution in [3.8, 4) is 56.3 Å². The summed E-state index contributed by atoms with van der Waals surface area (Å²) in [7, 11) is 0. The monoisotopic (exact) mass is 661 g/mol. The topological polar surface area (TPSA) is 38.7 Å². The SMILES string of the molecule is c1ccc(-c2nc3cc(-c4cc(-c5ccc6ccccc6c5)nc(-c5ccc6ccccc6c5)n4)ccc3c3c(-c4ccccc4)cccc23)cc1. The molecule has 0 aliphatic heterocycles. The van der Waals surface area contributed by atoms with Gasteiger partial charge in [-0.25, -0.2) is 15.0 Å².